The van der Waals surface area contributed by atoms with Gasteiger partial charge >= 0.3 is 0 Å². The average molecular weight is 258 g/mol. The highest BCUT2D eigenvalue weighted by Gasteiger charge is 2.10. The molecular formula is C15H18N2O2. The molecule has 0 bridgehead atoms. The largest absolute Gasteiger partial charge is 0.494 e. The number of ketones is 1. The highest BCUT2D eigenvalue weighted by Crippen LogP contribution is 2.24. The zero-order valence-electron chi connectivity index (χ0n) is 11.5. The second-order valence-corrected chi connectivity index (χ2v) is 4.49. The van der Waals surface area contributed by atoms with Crippen molar-refractivity contribution in [3.8, 4) is 17.0 Å². The van der Waals surface area contributed by atoms with Gasteiger partial charge in [-0.15, -0.1) is 0 Å². The first kappa shape index (κ1) is 13.3. The number of carbonyl (C=O) groups is 1. The van der Waals surface area contributed by atoms with Gasteiger partial charge in [-0.2, -0.15) is 0 Å². The van der Waals surface area contributed by atoms with E-state index in [9.17, 15) is 4.79 Å². The number of ether oxygens (including phenoxy) is 1. The standard InChI is InChI=1S/C15H18N2O2/c1-4-19-13-7-5-12(6-8-13)15-11(3)16-14(17-15)9-10(2)18/h5-8H,4,9H2,1-3H3,(H,16,17). The van der Waals surface area contributed by atoms with Crippen molar-refractivity contribution in [3.05, 3.63) is 35.8 Å². The number of aryl methyl sites for hydroxylation is 1. The third-order valence-corrected chi connectivity index (χ3v) is 2.79. The first-order chi connectivity index (χ1) is 9.10. The van der Waals surface area contributed by atoms with Crippen molar-refractivity contribution in [2.45, 2.75) is 27.2 Å². The number of hydrogen-bond donors (Lipinski definition) is 1. The van der Waals surface area contributed by atoms with E-state index in [1.165, 1.54) is 0 Å². The van der Waals surface area contributed by atoms with Crippen molar-refractivity contribution >= 4 is 5.78 Å². The summed E-state index contributed by atoms with van der Waals surface area (Å²) in [5.41, 5.74) is 2.88. The quantitative estimate of drug-likeness (QED) is 0.897. The van der Waals surface area contributed by atoms with Crippen LogP contribution >= 0.6 is 0 Å². The molecule has 4 heteroatoms. The molecular weight excluding hydrogens is 240 g/mol. The minimum Gasteiger partial charge on any atom is -0.494 e. The molecule has 1 aromatic heterocycles. The molecule has 0 atom stereocenters. The summed E-state index contributed by atoms with van der Waals surface area (Å²) >= 11 is 0. The molecule has 0 fully saturated rings. The number of aromatic nitrogens is 2. The van der Waals surface area contributed by atoms with Crippen LogP contribution in [0.4, 0.5) is 0 Å². The Morgan fingerprint density at radius 3 is 2.58 bits per heavy atom. The topological polar surface area (TPSA) is 55.0 Å². The van der Waals surface area contributed by atoms with Gasteiger partial charge in [0.05, 0.1) is 18.7 Å². The summed E-state index contributed by atoms with van der Waals surface area (Å²) in [4.78, 5) is 18.7. The maximum absolute atomic E-state index is 11.1. The lowest BCUT2D eigenvalue weighted by Crippen LogP contribution is -1.98. The summed E-state index contributed by atoms with van der Waals surface area (Å²) in [6.07, 6.45) is 0.345. The summed E-state index contributed by atoms with van der Waals surface area (Å²) in [6, 6.07) is 7.81. The fraction of sp³-hybridized carbons (Fsp3) is 0.333. The molecule has 1 N–H and O–H groups in total. The molecule has 0 aliphatic heterocycles. The van der Waals surface area contributed by atoms with Crippen molar-refractivity contribution in [1.82, 2.24) is 9.97 Å². The monoisotopic (exact) mass is 258 g/mol. The Hall–Kier alpha value is -2.10. The molecule has 1 heterocycles. The second-order valence-electron chi connectivity index (χ2n) is 4.49. The van der Waals surface area contributed by atoms with E-state index in [0.717, 1.165) is 22.7 Å². The van der Waals surface area contributed by atoms with E-state index in [4.69, 9.17) is 4.74 Å². The normalized spacial score (nSPS) is 10.5. The van der Waals surface area contributed by atoms with Gasteiger partial charge in [0, 0.05) is 11.3 Å². The van der Waals surface area contributed by atoms with Crippen LogP contribution in [0.1, 0.15) is 25.4 Å². The van der Waals surface area contributed by atoms with Crippen molar-refractivity contribution in [2.24, 2.45) is 0 Å². The molecule has 1 aromatic carbocycles. The van der Waals surface area contributed by atoms with Crippen LogP contribution in [-0.4, -0.2) is 22.4 Å². The Morgan fingerprint density at radius 2 is 2.00 bits per heavy atom. The fourth-order valence-corrected chi connectivity index (χ4v) is 2.00. The number of Topliss-reactive ketones (excluding diaryl/α,β-unsaturated/α-hetero) is 1. The van der Waals surface area contributed by atoms with Gasteiger partial charge in [0.15, 0.2) is 0 Å². The highest BCUT2D eigenvalue weighted by atomic mass is 16.5. The van der Waals surface area contributed by atoms with E-state index >= 15 is 0 Å². The van der Waals surface area contributed by atoms with E-state index in [0.29, 0.717) is 18.9 Å². The molecule has 19 heavy (non-hydrogen) atoms. The van der Waals surface area contributed by atoms with Crippen LogP contribution in [0.3, 0.4) is 0 Å². The number of imidazole rings is 1. The second kappa shape index (κ2) is 5.69. The molecule has 0 spiro atoms. The molecule has 0 aliphatic carbocycles. The van der Waals surface area contributed by atoms with Crippen LogP contribution in [-0.2, 0) is 11.2 Å². The minimum absolute atomic E-state index is 0.104. The Balaban J connectivity index is 2.25. The van der Waals surface area contributed by atoms with Crippen molar-refractivity contribution in [3.63, 3.8) is 0 Å². The Kier molecular flexibility index (Phi) is 4.00. The van der Waals surface area contributed by atoms with Crippen molar-refractivity contribution in [1.29, 1.82) is 0 Å². The molecule has 100 valence electrons. The van der Waals surface area contributed by atoms with Gasteiger partial charge in [0.2, 0.25) is 0 Å². The number of carbonyl (C=O) groups excluding carboxylic acids is 1. The minimum atomic E-state index is 0.104. The van der Waals surface area contributed by atoms with E-state index in [-0.39, 0.29) is 5.78 Å². The zero-order valence-corrected chi connectivity index (χ0v) is 11.5. The van der Waals surface area contributed by atoms with E-state index in [1.807, 2.05) is 38.1 Å². The molecule has 0 aliphatic rings. The lowest BCUT2D eigenvalue weighted by molar-refractivity contribution is -0.116. The fourth-order valence-electron chi connectivity index (χ4n) is 2.00. The van der Waals surface area contributed by atoms with Crippen LogP contribution in [0.2, 0.25) is 0 Å². The summed E-state index contributed by atoms with van der Waals surface area (Å²) in [5, 5.41) is 0. The van der Waals surface area contributed by atoms with Gasteiger partial charge < -0.3 is 9.72 Å². The molecule has 0 unspecified atom stereocenters. The SMILES string of the molecule is CCOc1ccc(-c2nc(CC(C)=O)[nH]c2C)cc1. The third kappa shape index (κ3) is 3.22. The van der Waals surface area contributed by atoms with Gasteiger partial charge in [-0.1, -0.05) is 0 Å². The predicted molar refractivity (Wildman–Crippen MR) is 74.3 cm³/mol. The zero-order chi connectivity index (χ0) is 13.8. The van der Waals surface area contributed by atoms with Crippen molar-refractivity contribution in [2.75, 3.05) is 6.61 Å². The van der Waals surface area contributed by atoms with Crippen LogP contribution in [0, 0.1) is 6.92 Å². The smallest absolute Gasteiger partial charge is 0.137 e. The molecule has 2 rings (SSSR count). The maximum atomic E-state index is 11.1. The summed E-state index contributed by atoms with van der Waals surface area (Å²) in [6.45, 7) is 6.14. The molecule has 0 saturated heterocycles. The molecule has 0 amide bonds. The van der Waals surface area contributed by atoms with Crippen LogP contribution in [0.25, 0.3) is 11.3 Å². The number of hydrogen-bond acceptors (Lipinski definition) is 3. The molecule has 4 nitrogen and oxygen atoms in total. The highest BCUT2D eigenvalue weighted by molar-refractivity contribution is 5.77. The lowest BCUT2D eigenvalue weighted by Gasteiger charge is -2.03. The number of H-pyrrole nitrogens is 1. The maximum Gasteiger partial charge on any atom is 0.137 e. The Labute approximate surface area is 112 Å². The first-order valence-corrected chi connectivity index (χ1v) is 6.38. The van der Waals surface area contributed by atoms with Gasteiger partial charge in [-0.25, -0.2) is 4.98 Å². The van der Waals surface area contributed by atoms with E-state index in [2.05, 4.69) is 9.97 Å². The predicted octanol–water partition coefficient (Wildman–Crippen LogP) is 2.92. The third-order valence-electron chi connectivity index (χ3n) is 2.79. The van der Waals surface area contributed by atoms with E-state index in [1.54, 1.807) is 6.92 Å². The number of nitrogens with zero attached hydrogens (tertiary/aromatic N) is 1. The number of nitrogens with one attached hydrogen (secondary N) is 1. The number of rotatable bonds is 5. The number of benzene rings is 1. The summed E-state index contributed by atoms with van der Waals surface area (Å²) in [7, 11) is 0. The van der Waals surface area contributed by atoms with Gasteiger partial charge in [-0.05, 0) is 45.0 Å². The molecule has 0 saturated carbocycles. The molecule has 2 aromatic rings. The van der Waals surface area contributed by atoms with Gasteiger partial charge in [0.1, 0.15) is 17.4 Å². The summed E-state index contributed by atoms with van der Waals surface area (Å²) in [5.74, 6) is 1.67. The van der Waals surface area contributed by atoms with Gasteiger partial charge in [0.25, 0.3) is 0 Å². The van der Waals surface area contributed by atoms with Gasteiger partial charge in [-0.3, -0.25) is 4.79 Å². The van der Waals surface area contributed by atoms with E-state index < -0.39 is 0 Å². The Bertz CT molecular complexity index is 570. The van der Waals surface area contributed by atoms with Crippen LogP contribution < -0.4 is 4.74 Å². The number of aromatic amines is 1. The first-order valence-electron chi connectivity index (χ1n) is 6.38. The average Bonchev–Trinajstić information content (AvgIpc) is 2.71. The van der Waals surface area contributed by atoms with Crippen LogP contribution in [0.15, 0.2) is 24.3 Å². The lowest BCUT2D eigenvalue weighted by atomic mass is 10.1. The molecule has 0 radical (unpaired) electrons. The summed E-state index contributed by atoms with van der Waals surface area (Å²) < 4.78 is 5.41. The van der Waals surface area contributed by atoms with Crippen molar-refractivity contribution < 1.29 is 9.53 Å². The van der Waals surface area contributed by atoms with Crippen LogP contribution in [0.5, 0.6) is 5.75 Å². The Morgan fingerprint density at radius 1 is 1.32 bits per heavy atom.